The van der Waals surface area contributed by atoms with Gasteiger partial charge in [-0.15, -0.1) is 10.2 Å². The standard InChI is InChI=1S/C23H15F8N5/c1-22(2,23(29,30)31)6-5-12-7-13(24)9-14(8-12)35(10-17(26)27)20-18-16(4-3-15(25)19(18)28)36-11-32-34-21(36)33-20/h3-4,7-9,11,17H,10H2,1-2H3. The van der Waals surface area contributed by atoms with Crippen LogP contribution in [0.15, 0.2) is 36.7 Å². The molecule has 0 N–H and O–H groups in total. The maximum atomic E-state index is 14.9. The van der Waals surface area contributed by atoms with E-state index in [0.717, 1.165) is 50.5 Å². The van der Waals surface area contributed by atoms with Gasteiger partial charge in [-0.05, 0) is 44.2 Å². The lowest BCUT2D eigenvalue weighted by Gasteiger charge is -2.25. The van der Waals surface area contributed by atoms with Gasteiger partial charge in [0.1, 0.15) is 23.4 Å². The summed E-state index contributed by atoms with van der Waals surface area (Å²) in [5, 5.41) is 6.83. The van der Waals surface area contributed by atoms with E-state index in [1.54, 1.807) is 0 Å². The fourth-order valence-corrected chi connectivity index (χ4v) is 3.33. The highest BCUT2D eigenvalue weighted by molar-refractivity contribution is 5.94. The molecular weight excluding hydrogens is 498 g/mol. The van der Waals surface area contributed by atoms with E-state index >= 15 is 0 Å². The van der Waals surface area contributed by atoms with Gasteiger partial charge >= 0.3 is 6.18 Å². The normalized spacial score (nSPS) is 12.3. The van der Waals surface area contributed by atoms with E-state index in [2.05, 4.69) is 21.1 Å². The molecule has 0 saturated heterocycles. The fourth-order valence-electron chi connectivity index (χ4n) is 3.33. The Labute approximate surface area is 198 Å². The molecule has 0 saturated carbocycles. The van der Waals surface area contributed by atoms with Crippen molar-refractivity contribution >= 4 is 28.2 Å². The molecule has 4 aromatic rings. The summed E-state index contributed by atoms with van der Waals surface area (Å²) in [6, 6.07) is 4.63. The van der Waals surface area contributed by atoms with Gasteiger partial charge in [0, 0.05) is 11.3 Å². The summed E-state index contributed by atoms with van der Waals surface area (Å²) in [7, 11) is 0. The average Bonchev–Trinajstić information content (AvgIpc) is 3.25. The van der Waals surface area contributed by atoms with E-state index < -0.39 is 53.2 Å². The first-order valence-electron chi connectivity index (χ1n) is 10.2. The minimum absolute atomic E-state index is 0.0125. The number of benzene rings is 2. The Morgan fingerprint density at radius 3 is 2.44 bits per heavy atom. The number of hydrogen-bond acceptors (Lipinski definition) is 4. The number of halogens is 8. The lowest BCUT2D eigenvalue weighted by atomic mass is 9.93. The molecule has 5 nitrogen and oxygen atoms in total. The smallest absolute Gasteiger partial charge is 0.320 e. The second-order valence-corrected chi connectivity index (χ2v) is 8.26. The minimum atomic E-state index is -4.68. The number of anilines is 2. The highest BCUT2D eigenvalue weighted by Crippen LogP contribution is 2.37. The van der Waals surface area contributed by atoms with Crippen LogP contribution in [0.2, 0.25) is 0 Å². The predicted molar refractivity (Wildman–Crippen MR) is 114 cm³/mol. The van der Waals surface area contributed by atoms with Gasteiger partial charge in [0.05, 0.1) is 17.4 Å². The van der Waals surface area contributed by atoms with E-state index in [1.807, 2.05) is 5.92 Å². The number of fused-ring (bicyclic) bond motifs is 3. The number of hydrogen-bond donors (Lipinski definition) is 0. The monoisotopic (exact) mass is 513 g/mol. The fraction of sp³-hybridized carbons (Fsp3) is 0.261. The molecule has 0 atom stereocenters. The maximum Gasteiger partial charge on any atom is 0.404 e. The van der Waals surface area contributed by atoms with Crippen LogP contribution in [-0.2, 0) is 0 Å². The van der Waals surface area contributed by atoms with Crippen LogP contribution in [-0.4, -0.2) is 38.7 Å². The summed E-state index contributed by atoms with van der Waals surface area (Å²) < 4.78 is 111. The Morgan fingerprint density at radius 1 is 1.06 bits per heavy atom. The molecule has 2 heterocycles. The molecule has 0 fully saturated rings. The topological polar surface area (TPSA) is 46.3 Å². The number of aromatic nitrogens is 4. The van der Waals surface area contributed by atoms with E-state index in [9.17, 15) is 35.1 Å². The summed E-state index contributed by atoms with van der Waals surface area (Å²) in [6.45, 7) is 0.502. The van der Waals surface area contributed by atoms with Gasteiger partial charge in [-0.3, -0.25) is 4.40 Å². The third-order valence-corrected chi connectivity index (χ3v) is 5.29. The van der Waals surface area contributed by atoms with Crippen molar-refractivity contribution in [1.82, 2.24) is 19.6 Å². The molecule has 0 aliphatic heterocycles. The Hall–Kier alpha value is -3.95. The number of rotatable bonds is 4. The zero-order chi connectivity index (χ0) is 26.4. The van der Waals surface area contributed by atoms with Crippen molar-refractivity contribution in [3.63, 3.8) is 0 Å². The predicted octanol–water partition coefficient (Wildman–Crippen LogP) is 6.04. The molecule has 0 radical (unpaired) electrons. The molecule has 0 aliphatic rings. The summed E-state index contributed by atoms with van der Waals surface area (Å²) in [4.78, 5) is 4.76. The molecule has 0 aliphatic carbocycles. The molecule has 36 heavy (non-hydrogen) atoms. The molecule has 0 bridgehead atoms. The Morgan fingerprint density at radius 2 is 1.78 bits per heavy atom. The molecule has 13 heteroatoms. The second kappa shape index (κ2) is 8.92. The van der Waals surface area contributed by atoms with E-state index in [-0.39, 0.29) is 22.5 Å². The van der Waals surface area contributed by atoms with Gasteiger partial charge in [-0.2, -0.15) is 18.2 Å². The first-order valence-corrected chi connectivity index (χ1v) is 10.2. The zero-order valence-electron chi connectivity index (χ0n) is 18.5. The van der Waals surface area contributed by atoms with Crippen LogP contribution >= 0.6 is 0 Å². The largest absolute Gasteiger partial charge is 0.404 e. The first kappa shape index (κ1) is 25.2. The lowest BCUT2D eigenvalue weighted by molar-refractivity contribution is -0.190. The van der Waals surface area contributed by atoms with Crippen molar-refractivity contribution in [2.75, 3.05) is 11.4 Å². The molecular formula is C23H15F8N5. The third-order valence-electron chi connectivity index (χ3n) is 5.29. The lowest BCUT2D eigenvalue weighted by Crippen LogP contribution is -2.30. The van der Waals surface area contributed by atoms with Crippen LogP contribution in [0, 0.1) is 34.7 Å². The summed E-state index contributed by atoms with van der Waals surface area (Å²) in [6.07, 6.45) is -6.59. The second-order valence-electron chi connectivity index (χ2n) is 8.26. The molecule has 0 amide bonds. The van der Waals surface area contributed by atoms with Crippen molar-refractivity contribution in [2.45, 2.75) is 26.4 Å². The Kier molecular flexibility index (Phi) is 6.24. The molecule has 0 unspecified atom stereocenters. The van der Waals surface area contributed by atoms with Gasteiger partial charge in [0.2, 0.25) is 0 Å². The van der Waals surface area contributed by atoms with Crippen LogP contribution < -0.4 is 4.90 Å². The zero-order valence-corrected chi connectivity index (χ0v) is 18.5. The first-order chi connectivity index (χ1) is 16.8. The van der Waals surface area contributed by atoms with Gasteiger partial charge in [-0.1, -0.05) is 11.8 Å². The van der Waals surface area contributed by atoms with E-state index in [4.69, 9.17) is 0 Å². The van der Waals surface area contributed by atoms with Crippen LogP contribution in [0.3, 0.4) is 0 Å². The van der Waals surface area contributed by atoms with Crippen molar-refractivity contribution in [3.05, 3.63) is 59.7 Å². The molecule has 2 aromatic heterocycles. The molecule has 4 rings (SSSR count). The molecule has 0 spiro atoms. The van der Waals surface area contributed by atoms with Gasteiger partial charge < -0.3 is 4.90 Å². The van der Waals surface area contributed by atoms with E-state index in [0.29, 0.717) is 4.90 Å². The van der Waals surface area contributed by atoms with Gasteiger partial charge in [-0.25, -0.2) is 22.0 Å². The van der Waals surface area contributed by atoms with Gasteiger partial charge in [0.25, 0.3) is 12.2 Å². The summed E-state index contributed by atoms with van der Waals surface area (Å²) >= 11 is 0. The molecule has 188 valence electrons. The number of nitrogens with zero attached hydrogens (tertiary/aromatic N) is 5. The summed E-state index contributed by atoms with van der Waals surface area (Å²) in [5.41, 5.74) is -3.05. The van der Waals surface area contributed by atoms with Crippen molar-refractivity contribution < 1.29 is 35.1 Å². The van der Waals surface area contributed by atoms with Crippen LogP contribution in [0.5, 0.6) is 0 Å². The third kappa shape index (κ3) is 4.62. The van der Waals surface area contributed by atoms with Gasteiger partial charge in [0.15, 0.2) is 11.6 Å². The molecule has 2 aromatic carbocycles. The average molecular weight is 513 g/mol. The highest BCUT2D eigenvalue weighted by atomic mass is 19.4. The number of alkyl halides is 5. The van der Waals surface area contributed by atoms with E-state index in [1.165, 1.54) is 4.40 Å². The quantitative estimate of drug-likeness (QED) is 0.247. The van der Waals surface area contributed by atoms with Crippen LogP contribution in [0.4, 0.5) is 46.6 Å². The highest BCUT2D eigenvalue weighted by Gasteiger charge is 2.46. The van der Waals surface area contributed by atoms with Crippen molar-refractivity contribution in [3.8, 4) is 11.8 Å². The van der Waals surface area contributed by atoms with Crippen LogP contribution in [0.25, 0.3) is 16.7 Å². The SMILES string of the molecule is CC(C)(C#Cc1cc(F)cc(N(CC(F)F)c2nc3nncn3c3ccc(F)c(F)c23)c1)C(F)(F)F. The Bertz CT molecular complexity index is 1510. The Balaban J connectivity index is 1.95. The maximum absolute atomic E-state index is 14.9. The minimum Gasteiger partial charge on any atom is -0.320 e. The van der Waals surface area contributed by atoms with Crippen LogP contribution in [0.1, 0.15) is 19.4 Å². The summed E-state index contributed by atoms with van der Waals surface area (Å²) in [5.74, 6) is -0.180. The van der Waals surface area contributed by atoms with Crippen molar-refractivity contribution in [1.29, 1.82) is 0 Å². The van der Waals surface area contributed by atoms with Crippen molar-refractivity contribution in [2.24, 2.45) is 5.41 Å².